The van der Waals surface area contributed by atoms with Gasteiger partial charge in [0.1, 0.15) is 0 Å². The molecule has 2 aliphatic rings. The fourth-order valence-electron chi connectivity index (χ4n) is 4.04. The van der Waals surface area contributed by atoms with Crippen LogP contribution < -0.4 is 0 Å². The maximum Gasteiger partial charge on any atom is 0.0182 e. The minimum atomic E-state index is 0.134. The van der Waals surface area contributed by atoms with Gasteiger partial charge in [-0.05, 0) is 55.4 Å². The minimum Gasteiger partial charge on any atom is -0.0818 e. The molecule has 0 N–H and O–H groups in total. The number of fused-ring (bicyclic) bond motifs is 2. The first-order chi connectivity index (χ1) is 11.7. The molecule has 0 aromatic heterocycles. The summed E-state index contributed by atoms with van der Waals surface area (Å²) in [6, 6.07) is 17.7. The SMILES string of the molecule is CC(C)=CCC1=Cc2ccccc2CC12C=Cc1ccccc1C2. The predicted molar refractivity (Wildman–Crippen MR) is 104 cm³/mol. The van der Waals surface area contributed by atoms with Gasteiger partial charge in [0, 0.05) is 5.41 Å². The monoisotopic (exact) mass is 312 g/mol. The number of benzene rings is 2. The van der Waals surface area contributed by atoms with E-state index in [9.17, 15) is 0 Å². The Balaban J connectivity index is 1.81. The molecule has 0 heterocycles. The first-order valence-corrected chi connectivity index (χ1v) is 8.86. The molecule has 4 rings (SSSR count). The molecule has 2 aromatic rings. The normalized spacial score (nSPS) is 21.0. The van der Waals surface area contributed by atoms with E-state index < -0.39 is 0 Å². The van der Waals surface area contributed by atoms with Crippen molar-refractivity contribution in [1.29, 1.82) is 0 Å². The molecule has 2 aromatic carbocycles. The van der Waals surface area contributed by atoms with Crippen molar-refractivity contribution in [2.24, 2.45) is 5.41 Å². The van der Waals surface area contributed by atoms with E-state index in [0.717, 1.165) is 19.3 Å². The molecule has 0 bridgehead atoms. The van der Waals surface area contributed by atoms with Gasteiger partial charge in [0.05, 0.1) is 0 Å². The summed E-state index contributed by atoms with van der Waals surface area (Å²) in [5.74, 6) is 0. The highest BCUT2D eigenvalue weighted by Crippen LogP contribution is 2.47. The van der Waals surface area contributed by atoms with Crippen LogP contribution in [0.15, 0.2) is 71.8 Å². The summed E-state index contributed by atoms with van der Waals surface area (Å²) in [5.41, 5.74) is 8.80. The van der Waals surface area contributed by atoms with Crippen LogP contribution in [0.5, 0.6) is 0 Å². The Morgan fingerprint density at radius 3 is 2.25 bits per heavy atom. The van der Waals surface area contributed by atoms with Gasteiger partial charge in [-0.3, -0.25) is 0 Å². The molecule has 0 radical (unpaired) electrons. The van der Waals surface area contributed by atoms with E-state index in [1.54, 1.807) is 5.57 Å². The van der Waals surface area contributed by atoms with E-state index in [-0.39, 0.29) is 5.41 Å². The molecule has 0 aliphatic heterocycles. The van der Waals surface area contributed by atoms with E-state index in [2.05, 4.69) is 86.7 Å². The van der Waals surface area contributed by atoms with E-state index in [4.69, 9.17) is 0 Å². The third kappa shape index (κ3) is 2.67. The summed E-state index contributed by atoms with van der Waals surface area (Å²) in [6.07, 6.45) is 12.9. The molecule has 2 aliphatic carbocycles. The average molecular weight is 312 g/mol. The molecule has 0 heteroatoms. The smallest absolute Gasteiger partial charge is 0.0182 e. The van der Waals surface area contributed by atoms with Gasteiger partial charge < -0.3 is 0 Å². The van der Waals surface area contributed by atoms with E-state index >= 15 is 0 Å². The fourth-order valence-corrected chi connectivity index (χ4v) is 4.04. The zero-order valence-corrected chi connectivity index (χ0v) is 14.5. The minimum absolute atomic E-state index is 0.134. The highest BCUT2D eigenvalue weighted by molar-refractivity contribution is 5.68. The Hall–Kier alpha value is -2.34. The van der Waals surface area contributed by atoms with Crippen LogP contribution in [0, 0.1) is 5.41 Å². The third-order valence-corrected chi connectivity index (χ3v) is 5.40. The molecule has 0 nitrogen and oxygen atoms in total. The Kier molecular flexibility index (Phi) is 3.76. The molecule has 120 valence electrons. The lowest BCUT2D eigenvalue weighted by Gasteiger charge is -2.40. The van der Waals surface area contributed by atoms with Crippen LogP contribution in [0.3, 0.4) is 0 Å². The van der Waals surface area contributed by atoms with Crippen LogP contribution >= 0.6 is 0 Å². The standard InChI is InChI=1S/C24H24/c1-18(2)11-12-23-15-20-8-4-6-10-22(20)17-24(23)14-13-19-7-3-5-9-21(19)16-24/h3-11,13-15H,12,16-17H2,1-2H3. The zero-order chi connectivity index (χ0) is 16.6. The summed E-state index contributed by atoms with van der Waals surface area (Å²) in [5, 5.41) is 0. The van der Waals surface area contributed by atoms with E-state index in [0.29, 0.717) is 0 Å². The Morgan fingerprint density at radius 2 is 1.54 bits per heavy atom. The maximum atomic E-state index is 2.47. The van der Waals surface area contributed by atoms with Crippen molar-refractivity contribution in [3.05, 3.63) is 94.1 Å². The van der Waals surface area contributed by atoms with Gasteiger partial charge in [0.25, 0.3) is 0 Å². The molecular weight excluding hydrogens is 288 g/mol. The molecular formula is C24H24. The second-order valence-corrected chi connectivity index (χ2v) is 7.40. The summed E-state index contributed by atoms with van der Waals surface area (Å²) in [6.45, 7) is 4.38. The van der Waals surface area contributed by atoms with Crippen LogP contribution in [0.1, 0.15) is 42.5 Å². The number of allylic oxidation sites excluding steroid dienone is 4. The number of hydrogen-bond acceptors (Lipinski definition) is 0. The molecule has 0 saturated carbocycles. The summed E-state index contributed by atoms with van der Waals surface area (Å²) >= 11 is 0. The Bertz CT molecular complexity index is 855. The van der Waals surface area contributed by atoms with Crippen LogP contribution in [0.25, 0.3) is 12.2 Å². The Labute approximate surface area is 145 Å². The second-order valence-electron chi connectivity index (χ2n) is 7.40. The molecule has 1 atom stereocenters. The fraction of sp³-hybridized carbons (Fsp3) is 0.250. The van der Waals surface area contributed by atoms with Gasteiger partial charge in [0.2, 0.25) is 0 Å². The summed E-state index contributed by atoms with van der Waals surface area (Å²) in [4.78, 5) is 0. The molecule has 0 saturated heterocycles. The summed E-state index contributed by atoms with van der Waals surface area (Å²) < 4.78 is 0. The van der Waals surface area contributed by atoms with Crippen LogP contribution in [0.4, 0.5) is 0 Å². The zero-order valence-electron chi connectivity index (χ0n) is 14.5. The van der Waals surface area contributed by atoms with Crippen molar-refractivity contribution in [2.75, 3.05) is 0 Å². The maximum absolute atomic E-state index is 2.47. The lowest BCUT2D eigenvalue weighted by atomic mass is 9.64. The largest absolute Gasteiger partial charge is 0.0818 e. The molecule has 0 amide bonds. The van der Waals surface area contributed by atoms with Gasteiger partial charge in [-0.2, -0.15) is 0 Å². The molecule has 1 unspecified atom stereocenters. The van der Waals surface area contributed by atoms with Crippen molar-refractivity contribution < 1.29 is 0 Å². The average Bonchev–Trinajstić information content (AvgIpc) is 2.59. The Morgan fingerprint density at radius 1 is 0.917 bits per heavy atom. The van der Waals surface area contributed by atoms with Gasteiger partial charge in [-0.15, -0.1) is 0 Å². The van der Waals surface area contributed by atoms with Crippen molar-refractivity contribution >= 4 is 12.2 Å². The van der Waals surface area contributed by atoms with Crippen LogP contribution in [-0.2, 0) is 12.8 Å². The lowest BCUT2D eigenvalue weighted by molar-refractivity contribution is 0.440. The van der Waals surface area contributed by atoms with E-state index in [1.165, 1.54) is 27.8 Å². The van der Waals surface area contributed by atoms with Crippen molar-refractivity contribution in [2.45, 2.75) is 33.1 Å². The van der Waals surface area contributed by atoms with Crippen molar-refractivity contribution in [3.63, 3.8) is 0 Å². The van der Waals surface area contributed by atoms with E-state index in [1.807, 2.05) is 0 Å². The number of rotatable bonds is 2. The quantitative estimate of drug-likeness (QED) is 0.576. The number of hydrogen-bond donors (Lipinski definition) is 0. The molecule has 0 fully saturated rings. The first kappa shape index (κ1) is 15.2. The highest BCUT2D eigenvalue weighted by Gasteiger charge is 2.37. The van der Waals surface area contributed by atoms with Crippen LogP contribution in [0.2, 0.25) is 0 Å². The van der Waals surface area contributed by atoms with Crippen molar-refractivity contribution in [1.82, 2.24) is 0 Å². The van der Waals surface area contributed by atoms with Gasteiger partial charge in [-0.25, -0.2) is 0 Å². The molecule has 24 heavy (non-hydrogen) atoms. The van der Waals surface area contributed by atoms with Crippen molar-refractivity contribution in [3.8, 4) is 0 Å². The topological polar surface area (TPSA) is 0 Å². The lowest BCUT2D eigenvalue weighted by Crippen LogP contribution is -2.31. The highest BCUT2D eigenvalue weighted by atomic mass is 14.4. The second kappa shape index (κ2) is 5.94. The van der Waals surface area contributed by atoms with Gasteiger partial charge in [0.15, 0.2) is 0 Å². The predicted octanol–water partition coefficient (Wildman–Crippen LogP) is 6.24. The first-order valence-electron chi connectivity index (χ1n) is 8.86. The summed E-state index contributed by atoms with van der Waals surface area (Å²) in [7, 11) is 0. The third-order valence-electron chi connectivity index (χ3n) is 5.40. The van der Waals surface area contributed by atoms with Gasteiger partial charge >= 0.3 is 0 Å². The van der Waals surface area contributed by atoms with Gasteiger partial charge in [-0.1, -0.05) is 84.0 Å². The van der Waals surface area contributed by atoms with Crippen LogP contribution in [-0.4, -0.2) is 0 Å². The molecule has 1 spiro atoms.